The average molecular weight is 489 g/mol. The summed E-state index contributed by atoms with van der Waals surface area (Å²) in [4.78, 5) is 26.8. The molecule has 0 aliphatic heterocycles. The average Bonchev–Trinajstić information content (AvgIpc) is 3.05. The molecule has 0 saturated carbocycles. The van der Waals surface area contributed by atoms with Gasteiger partial charge in [-0.05, 0) is 38.5 Å². The van der Waals surface area contributed by atoms with Crippen LogP contribution in [0.25, 0.3) is 0 Å². The summed E-state index contributed by atoms with van der Waals surface area (Å²) in [6.07, 6.45) is 3.25. The maximum Gasteiger partial charge on any atom is 0.272 e. The third-order valence-corrected chi connectivity index (χ3v) is 6.32. The van der Waals surface area contributed by atoms with Crippen LogP contribution < -0.4 is 14.8 Å². The van der Waals surface area contributed by atoms with Crippen LogP contribution in [0.1, 0.15) is 35.5 Å². The number of rotatable bonds is 9. The first kappa shape index (κ1) is 24.8. The molecular formula is C21H24N6O6S. The molecule has 2 aromatic heterocycles. The number of amides is 1. The zero-order chi connectivity index (χ0) is 25.0. The molecule has 3 rings (SSSR count). The highest BCUT2D eigenvalue weighted by Crippen LogP contribution is 2.34. The molecule has 12 nitrogen and oxygen atoms in total. The van der Waals surface area contributed by atoms with Crippen LogP contribution in [0.2, 0.25) is 0 Å². The number of nitro groups is 1. The van der Waals surface area contributed by atoms with E-state index in [1.807, 2.05) is 6.07 Å². The van der Waals surface area contributed by atoms with Crippen molar-refractivity contribution in [1.29, 1.82) is 0 Å². The van der Waals surface area contributed by atoms with Gasteiger partial charge in [0.25, 0.3) is 11.6 Å². The Labute approximate surface area is 196 Å². The van der Waals surface area contributed by atoms with Crippen molar-refractivity contribution in [2.24, 2.45) is 7.05 Å². The normalized spacial score (nSPS) is 11.4. The molecule has 0 aliphatic rings. The third-order valence-electron chi connectivity index (χ3n) is 4.64. The number of nitro benzene ring substituents is 1. The van der Waals surface area contributed by atoms with Crippen LogP contribution in [0.5, 0.6) is 11.6 Å². The van der Waals surface area contributed by atoms with Crippen LogP contribution in [0.4, 0.5) is 5.69 Å². The van der Waals surface area contributed by atoms with Gasteiger partial charge in [0.1, 0.15) is 10.6 Å². The van der Waals surface area contributed by atoms with Crippen molar-refractivity contribution >= 4 is 21.6 Å². The summed E-state index contributed by atoms with van der Waals surface area (Å²) >= 11 is 0. The fourth-order valence-corrected chi connectivity index (χ4v) is 4.52. The Hall–Kier alpha value is -3.84. The highest BCUT2D eigenvalue weighted by molar-refractivity contribution is 7.89. The highest BCUT2D eigenvalue weighted by atomic mass is 32.2. The number of hydrogen-bond acceptors (Lipinski definition) is 8. The quantitative estimate of drug-likeness (QED) is 0.343. The van der Waals surface area contributed by atoms with Gasteiger partial charge < -0.3 is 10.1 Å². The molecule has 0 unspecified atom stereocenters. The van der Waals surface area contributed by atoms with Crippen LogP contribution in [0, 0.1) is 17.0 Å². The Kier molecular flexibility index (Phi) is 7.27. The van der Waals surface area contributed by atoms with Crippen molar-refractivity contribution in [2.75, 3.05) is 0 Å². The van der Waals surface area contributed by atoms with E-state index in [4.69, 9.17) is 4.74 Å². The Balaban J connectivity index is 1.93. The van der Waals surface area contributed by atoms with Crippen molar-refractivity contribution in [2.45, 2.75) is 38.3 Å². The number of carbonyl (C=O) groups is 1. The maximum absolute atomic E-state index is 12.8. The molecule has 3 aromatic rings. The lowest BCUT2D eigenvalue weighted by Crippen LogP contribution is -2.30. The predicted molar refractivity (Wildman–Crippen MR) is 122 cm³/mol. The number of ether oxygens (including phenoxy) is 1. The molecule has 2 heterocycles. The van der Waals surface area contributed by atoms with Gasteiger partial charge in [-0.1, -0.05) is 6.07 Å². The molecule has 0 aliphatic carbocycles. The topological polar surface area (TPSA) is 158 Å². The molecule has 2 N–H and O–H groups in total. The number of hydrogen-bond donors (Lipinski definition) is 2. The Morgan fingerprint density at radius 1 is 1.29 bits per heavy atom. The second-order valence-corrected chi connectivity index (χ2v) is 9.39. The highest BCUT2D eigenvalue weighted by Gasteiger charge is 2.27. The number of benzene rings is 1. The van der Waals surface area contributed by atoms with Gasteiger partial charge in [0.2, 0.25) is 15.9 Å². The number of aryl methyl sites for hydroxylation is 1. The van der Waals surface area contributed by atoms with Gasteiger partial charge >= 0.3 is 0 Å². The minimum Gasteiger partial charge on any atom is -0.438 e. The SMILES string of the molecule is Cc1c(C(=O)NCc2cccnc2)nn(C)c1Oc1ccc([N+](=O)[O-])cc1S(=O)(=O)NC(C)C. The van der Waals surface area contributed by atoms with E-state index < -0.39 is 37.5 Å². The maximum atomic E-state index is 12.8. The van der Waals surface area contributed by atoms with Gasteiger partial charge in [0.15, 0.2) is 5.69 Å². The van der Waals surface area contributed by atoms with Crippen LogP contribution >= 0.6 is 0 Å². The summed E-state index contributed by atoms with van der Waals surface area (Å²) in [7, 11) is -2.60. The smallest absolute Gasteiger partial charge is 0.272 e. The van der Waals surface area contributed by atoms with E-state index in [0.29, 0.717) is 5.56 Å². The monoisotopic (exact) mass is 488 g/mol. The first-order chi connectivity index (χ1) is 16.0. The predicted octanol–water partition coefficient (Wildman–Crippen LogP) is 2.44. The van der Waals surface area contributed by atoms with E-state index in [0.717, 1.165) is 17.7 Å². The summed E-state index contributed by atoms with van der Waals surface area (Å²) in [6, 6.07) is 6.37. The molecule has 1 aromatic carbocycles. The van der Waals surface area contributed by atoms with Gasteiger partial charge in [-0.3, -0.25) is 19.9 Å². The van der Waals surface area contributed by atoms with Gasteiger partial charge in [0.05, 0.1) is 4.92 Å². The van der Waals surface area contributed by atoms with Crippen LogP contribution in [0.3, 0.4) is 0 Å². The molecule has 13 heteroatoms. The summed E-state index contributed by atoms with van der Waals surface area (Å²) in [5, 5.41) is 18.2. The van der Waals surface area contributed by atoms with Gasteiger partial charge in [-0.2, -0.15) is 5.10 Å². The van der Waals surface area contributed by atoms with Crippen molar-refractivity contribution in [3.05, 3.63) is 69.7 Å². The Morgan fingerprint density at radius 2 is 2.03 bits per heavy atom. The van der Waals surface area contributed by atoms with E-state index in [1.54, 1.807) is 39.2 Å². The summed E-state index contributed by atoms with van der Waals surface area (Å²) in [5.74, 6) is -0.488. The minimum atomic E-state index is -4.14. The molecule has 1 amide bonds. The second-order valence-electron chi connectivity index (χ2n) is 7.71. The number of nitrogens with zero attached hydrogens (tertiary/aromatic N) is 4. The van der Waals surface area contributed by atoms with Crippen LogP contribution in [0.15, 0.2) is 47.6 Å². The zero-order valence-corrected chi connectivity index (χ0v) is 19.8. The fourth-order valence-electron chi connectivity index (χ4n) is 3.12. The summed E-state index contributed by atoms with van der Waals surface area (Å²) in [6.45, 7) is 5.09. The molecule has 0 fully saturated rings. The van der Waals surface area contributed by atoms with Crippen molar-refractivity contribution < 1.29 is 22.9 Å². The Bertz CT molecular complexity index is 1320. The number of nitrogens with one attached hydrogen (secondary N) is 2. The number of sulfonamides is 1. The molecule has 0 saturated heterocycles. The summed E-state index contributed by atoms with van der Waals surface area (Å²) in [5.41, 5.74) is 0.852. The van der Waals surface area contributed by atoms with E-state index in [-0.39, 0.29) is 23.9 Å². The molecule has 180 valence electrons. The number of pyridine rings is 1. The number of aromatic nitrogens is 3. The van der Waals surface area contributed by atoms with Crippen LogP contribution in [-0.2, 0) is 23.6 Å². The van der Waals surface area contributed by atoms with Gasteiger partial charge in [-0.25, -0.2) is 17.8 Å². The largest absolute Gasteiger partial charge is 0.438 e. The standard InChI is InChI=1S/C21H24N6O6S/c1-13(2)25-34(31,32)18-10-16(27(29)30)7-8-17(18)33-21-14(3)19(24-26(21)4)20(28)23-12-15-6-5-9-22-11-15/h5-11,13,25H,12H2,1-4H3,(H,23,28). The van der Waals surface area contributed by atoms with E-state index in [2.05, 4.69) is 20.1 Å². The van der Waals surface area contributed by atoms with Gasteiger partial charge in [-0.15, -0.1) is 0 Å². The molecular weight excluding hydrogens is 464 g/mol. The lowest BCUT2D eigenvalue weighted by Gasteiger charge is -2.14. The first-order valence-electron chi connectivity index (χ1n) is 10.2. The van der Waals surface area contributed by atoms with Gasteiger partial charge in [0, 0.05) is 49.7 Å². The third kappa shape index (κ3) is 5.55. The van der Waals surface area contributed by atoms with Crippen molar-refractivity contribution in [3.63, 3.8) is 0 Å². The van der Waals surface area contributed by atoms with E-state index in [1.165, 1.54) is 17.8 Å². The molecule has 0 radical (unpaired) electrons. The molecule has 0 atom stereocenters. The number of non-ortho nitro benzene ring substituents is 1. The van der Waals surface area contributed by atoms with Crippen LogP contribution in [-0.4, -0.2) is 40.1 Å². The fraction of sp³-hybridized carbons (Fsp3) is 0.286. The summed E-state index contributed by atoms with van der Waals surface area (Å²) < 4.78 is 35.2. The molecule has 0 spiro atoms. The molecule has 0 bridgehead atoms. The lowest BCUT2D eigenvalue weighted by molar-refractivity contribution is -0.385. The number of carbonyl (C=O) groups excluding carboxylic acids is 1. The minimum absolute atomic E-state index is 0.0908. The van der Waals surface area contributed by atoms with Crippen molar-refractivity contribution in [3.8, 4) is 11.6 Å². The second kappa shape index (κ2) is 9.97. The van der Waals surface area contributed by atoms with E-state index in [9.17, 15) is 23.3 Å². The zero-order valence-electron chi connectivity index (χ0n) is 19.0. The van der Waals surface area contributed by atoms with E-state index >= 15 is 0 Å². The molecule has 34 heavy (non-hydrogen) atoms. The lowest BCUT2D eigenvalue weighted by atomic mass is 10.2. The Morgan fingerprint density at radius 3 is 2.65 bits per heavy atom. The first-order valence-corrected chi connectivity index (χ1v) is 11.7. The van der Waals surface area contributed by atoms with Crippen molar-refractivity contribution in [1.82, 2.24) is 24.8 Å².